The lowest BCUT2D eigenvalue weighted by Gasteiger charge is -2.28. The molecule has 0 unspecified atom stereocenters. The van der Waals surface area contributed by atoms with E-state index in [0.29, 0.717) is 0 Å². The number of hydrogen-bond donors (Lipinski definition) is 0. The molecule has 0 N–H and O–H groups in total. The average molecular weight is 666 g/mol. The Bertz CT molecular complexity index is 2690. The molecule has 0 atom stereocenters. The minimum Gasteiger partial charge on any atom is -0.310 e. The summed E-state index contributed by atoms with van der Waals surface area (Å²) in [7, 11) is 0. The zero-order chi connectivity index (χ0) is 34.8. The van der Waals surface area contributed by atoms with Crippen LogP contribution in [0.5, 0.6) is 0 Å². The molecule has 0 aromatic heterocycles. The Morgan fingerprint density at radius 3 is 1.52 bits per heavy atom. The first-order valence-corrected chi connectivity index (χ1v) is 18.5. The van der Waals surface area contributed by atoms with E-state index in [1.54, 1.807) is 0 Å². The molecule has 0 radical (unpaired) electrons. The predicted molar refractivity (Wildman–Crippen MR) is 223 cm³/mol. The summed E-state index contributed by atoms with van der Waals surface area (Å²) >= 11 is 0. The number of nitrogens with zero attached hydrogens (tertiary/aromatic N) is 1. The number of anilines is 3. The Kier molecular flexibility index (Phi) is 7.05. The highest BCUT2D eigenvalue weighted by Gasteiger charge is 2.39. The third-order valence-electron chi connectivity index (χ3n) is 11.5. The Balaban J connectivity index is 1.08. The molecular formula is C51H39N. The number of hydrogen-bond acceptors (Lipinski definition) is 1. The molecule has 2 aliphatic carbocycles. The van der Waals surface area contributed by atoms with Crippen molar-refractivity contribution in [2.24, 2.45) is 0 Å². The molecule has 1 nitrogen and oxygen atoms in total. The van der Waals surface area contributed by atoms with E-state index in [4.69, 9.17) is 0 Å². The van der Waals surface area contributed by atoms with Gasteiger partial charge < -0.3 is 4.90 Å². The van der Waals surface area contributed by atoms with E-state index in [9.17, 15) is 0 Å². The minimum atomic E-state index is -0.0319. The molecule has 0 amide bonds. The maximum atomic E-state index is 2.46. The van der Waals surface area contributed by atoms with Crippen molar-refractivity contribution in [2.75, 3.05) is 4.90 Å². The maximum Gasteiger partial charge on any atom is 0.0465 e. The standard InChI is InChI=1S/C51H39N/c1-51(2)49-19-11-10-18-46(49)47-31-29-40(33-50(47)51)52(38-25-20-35(21-26-38)34-12-4-3-5-13-34)39-27-22-36(23-28-39)37-24-30-45-43-16-7-6-14-41(43)42-15-8-9-17-44(42)48(45)32-37/h3-9,12-33H,10-11H2,1-2H3. The second-order valence-electron chi connectivity index (χ2n) is 14.8. The SMILES string of the molecule is CC1(C)C2=CCCC=C2c2ccc(N(c3ccc(-c4ccccc4)cc3)c3ccc(-c4ccc5c6ccccc6c6ccccc6c5c4)cc3)cc21. The summed E-state index contributed by atoms with van der Waals surface area (Å²) in [5, 5.41) is 7.80. The highest BCUT2D eigenvalue weighted by Crippen LogP contribution is 2.53. The van der Waals surface area contributed by atoms with Crippen molar-refractivity contribution < 1.29 is 0 Å². The van der Waals surface area contributed by atoms with E-state index < -0.39 is 0 Å². The fraction of sp³-hybridized carbons (Fsp3) is 0.0980. The number of allylic oxidation sites excluding steroid dienone is 4. The van der Waals surface area contributed by atoms with Crippen LogP contribution in [0.25, 0.3) is 60.1 Å². The molecule has 8 aromatic carbocycles. The summed E-state index contributed by atoms with van der Waals surface area (Å²) < 4.78 is 0. The molecule has 0 fully saturated rings. The first-order valence-electron chi connectivity index (χ1n) is 18.5. The molecule has 0 saturated carbocycles. The van der Waals surface area contributed by atoms with Crippen molar-refractivity contribution in [3.63, 3.8) is 0 Å². The van der Waals surface area contributed by atoms with E-state index in [-0.39, 0.29) is 5.41 Å². The highest BCUT2D eigenvalue weighted by molar-refractivity contribution is 6.25. The van der Waals surface area contributed by atoms with Gasteiger partial charge in [-0.2, -0.15) is 0 Å². The molecule has 0 heterocycles. The van der Waals surface area contributed by atoms with Gasteiger partial charge in [-0.3, -0.25) is 0 Å². The molecule has 248 valence electrons. The third kappa shape index (κ3) is 4.84. The second-order valence-corrected chi connectivity index (χ2v) is 14.8. The third-order valence-corrected chi connectivity index (χ3v) is 11.5. The van der Waals surface area contributed by atoms with Crippen molar-refractivity contribution in [3.8, 4) is 22.3 Å². The van der Waals surface area contributed by atoms with E-state index >= 15 is 0 Å². The van der Waals surface area contributed by atoms with Gasteiger partial charge in [0, 0.05) is 22.5 Å². The van der Waals surface area contributed by atoms with Gasteiger partial charge in [-0.1, -0.05) is 147 Å². The van der Waals surface area contributed by atoms with Crippen molar-refractivity contribution in [1.82, 2.24) is 0 Å². The average Bonchev–Trinajstić information content (AvgIpc) is 3.44. The molecule has 1 heteroatoms. The Morgan fingerprint density at radius 1 is 0.404 bits per heavy atom. The molecule has 52 heavy (non-hydrogen) atoms. The van der Waals surface area contributed by atoms with Crippen LogP contribution in [0.4, 0.5) is 17.1 Å². The molecule has 0 aliphatic heterocycles. The van der Waals surface area contributed by atoms with Crippen molar-refractivity contribution in [2.45, 2.75) is 32.1 Å². The fourth-order valence-electron chi connectivity index (χ4n) is 8.86. The van der Waals surface area contributed by atoms with Gasteiger partial charge in [-0.15, -0.1) is 0 Å². The molecular weight excluding hydrogens is 627 g/mol. The summed E-state index contributed by atoms with van der Waals surface area (Å²) in [6, 6.07) is 60.5. The van der Waals surface area contributed by atoms with Crippen LogP contribution in [-0.4, -0.2) is 0 Å². The summed E-state index contributed by atoms with van der Waals surface area (Å²) in [4.78, 5) is 2.42. The van der Waals surface area contributed by atoms with Gasteiger partial charge in [0.15, 0.2) is 0 Å². The fourth-order valence-corrected chi connectivity index (χ4v) is 8.86. The van der Waals surface area contributed by atoms with Crippen molar-refractivity contribution in [1.29, 1.82) is 0 Å². The van der Waals surface area contributed by atoms with Crippen molar-refractivity contribution in [3.05, 3.63) is 193 Å². The zero-order valence-corrected chi connectivity index (χ0v) is 29.6. The molecule has 0 spiro atoms. The van der Waals surface area contributed by atoms with Gasteiger partial charge in [-0.05, 0) is 132 Å². The quantitative estimate of drug-likeness (QED) is 0.165. The molecule has 0 bridgehead atoms. The lowest BCUT2D eigenvalue weighted by atomic mass is 9.80. The van der Waals surface area contributed by atoms with Crippen LogP contribution in [0.2, 0.25) is 0 Å². The lowest BCUT2D eigenvalue weighted by molar-refractivity contribution is 0.654. The van der Waals surface area contributed by atoms with E-state index in [1.807, 2.05) is 0 Å². The Labute approximate surface area is 305 Å². The van der Waals surface area contributed by atoms with Crippen LogP contribution in [0, 0.1) is 0 Å². The topological polar surface area (TPSA) is 3.24 Å². The molecule has 8 aromatic rings. The molecule has 10 rings (SSSR count). The number of rotatable bonds is 5. The Morgan fingerprint density at radius 2 is 0.885 bits per heavy atom. The van der Waals surface area contributed by atoms with Crippen LogP contribution in [0.1, 0.15) is 37.8 Å². The van der Waals surface area contributed by atoms with E-state index in [2.05, 4.69) is 195 Å². The Hall–Kier alpha value is -6.18. The largest absolute Gasteiger partial charge is 0.310 e. The lowest BCUT2D eigenvalue weighted by Crippen LogP contribution is -2.17. The minimum absolute atomic E-state index is 0.0319. The second kappa shape index (κ2) is 12.0. The smallest absolute Gasteiger partial charge is 0.0465 e. The van der Waals surface area contributed by atoms with Crippen LogP contribution in [0.3, 0.4) is 0 Å². The van der Waals surface area contributed by atoms with Gasteiger partial charge in [0.25, 0.3) is 0 Å². The van der Waals surface area contributed by atoms with Gasteiger partial charge in [0.2, 0.25) is 0 Å². The predicted octanol–water partition coefficient (Wildman–Crippen LogP) is 14.3. The summed E-state index contributed by atoms with van der Waals surface area (Å²) in [6.07, 6.45) is 7.15. The first-order chi connectivity index (χ1) is 25.5. The number of fused-ring (bicyclic) bond motifs is 9. The van der Waals surface area contributed by atoms with Gasteiger partial charge >= 0.3 is 0 Å². The maximum absolute atomic E-state index is 2.46. The summed E-state index contributed by atoms with van der Waals surface area (Å²) in [5.74, 6) is 0. The normalized spacial score (nSPS) is 14.6. The van der Waals surface area contributed by atoms with Crippen LogP contribution >= 0.6 is 0 Å². The number of benzene rings is 8. The first kappa shape index (κ1) is 30.6. The van der Waals surface area contributed by atoms with Gasteiger partial charge in [-0.25, -0.2) is 0 Å². The van der Waals surface area contributed by atoms with Gasteiger partial charge in [0.05, 0.1) is 0 Å². The zero-order valence-electron chi connectivity index (χ0n) is 29.6. The van der Waals surface area contributed by atoms with E-state index in [0.717, 1.165) is 24.2 Å². The summed E-state index contributed by atoms with van der Waals surface area (Å²) in [5.41, 5.74) is 14.0. The van der Waals surface area contributed by atoms with Crippen molar-refractivity contribution >= 4 is 55.0 Å². The van der Waals surface area contributed by atoms with E-state index in [1.165, 1.54) is 82.5 Å². The van der Waals surface area contributed by atoms with Gasteiger partial charge in [0.1, 0.15) is 0 Å². The van der Waals surface area contributed by atoms with Crippen LogP contribution < -0.4 is 4.90 Å². The molecule has 0 saturated heterocycles. The monoisotopic (exact) mass is 665 g/mol. The van der Waals surface area contributed by atoms with Crippen LogP contribution in [0.15, 0.2) is 182 Å². The molecule has 2 aliphatic rings. The highest BCUT2D eigenvalue weighted by atomic mass is 15.1. The summed E-state index contributed by atoms with van der Waals surface area (Å²) in [6.45, 7) is 4.77. The van der Waals surface area contributed by atoms with Crippen LogP contribution in [-0.2, 0) is 5.41 Å².